The molecule has 0 aliphatic heterocycles. The highest BCUT2D eigenvalue weighted by Gasteiger charge is 2.22. The van der Waals surface area contributed by atoms with Gasteiger partial charge in [-0.25, -0.2) is 4.98 Å². The molecule has 1 amide bonds. The summed E-state index contributed by atoms with van der Waals surface area (Å²) in [6, 6.07) is 7.59. The van der Waals surface area contributed by atoms with Crippen LogP contribution >= 0.6 is 11.3 Å². The number of methoxy groups -OCH3 is 1. The Morgan fingerprint density at radius 3 is 2.48 bits per heavy atom. The highest BCUT2D eigenvalue weighted by Crippen LogP contribution is 2.27. The normalized spacial score (nSPS) is 12.3. The predicted octanol–water partition coefficient (Wildman–Crippen LogP) is 3.05. The molecule has 1 unspecified atom stereocenters. The van der Waals surface area contributed by atoms with Crippen molar-refractivity contribution >= 4 is 17.2 Å². The van der Waals surface area contributed by atoms with Crippen molar-refractivity contribution < 1.29 is 14.6 Å². The van der Waals surface area contributed by atoms with Gasteiger partial charge in [-0.05, 0) is 45.0 Å². The molecular formula is C17H22N2O3S. The molecule has 0 saturated carbocycles. The minimum absolute atomic E-state index is 0.0173. The van der Waals surface area contributed by atoms with Crippen LogP contribution in [-0.4, -0.2) is 46.7 Å². The summed E-state index contributed by atoms with van der Waals surface area (Å²) in [5.74, 6) is 0.683. The topological polar surface area (TPSA) is 62.7 Å². The van der Waals surface area contributed by atoms with Gasteiger partial charge in [0.05, 0.1) is 19.4 Å². The molecule has 0 bridgehead atoms. The lowest BCUT2D eigenvalue weighted by Crippen LogP contribution is -2.41. The van der Waals surface area contributed by atoms with E-state index in [1.165, 1.54) is 11.3 Å². The molecule has 1 atom stereocenters. The summed E-state index contributed by atoms with van der Waals surface area (Å²) >= 11 is 1.36. The fourth-order valence-electron chi connectivity index (χ4n) is 2.19. The van der Waals surface area contributed by atoms with E-state index in [0.717, 1.165) is 16.3 Å². The second kappa shape index (κ2) is 7.57. The Bertz CT molecular complexity index is 650. The Balaban J connectivity index is 2.21. The number of rotatable bonds is 6. The lowest BCUT2D eigenvalue weighted by atomic mass is 10.2. The van der Waals surface area contributed by atoms with Crippen LogP contribution in [0.1, 0.15) is 30.4 Å². The fraction of sp³-hybridized carbons (Fsp3) is 0.412. The van der Waals surface area contributed by atoms with Crippen molar-refractivity contribution in [2.45, 2.75) is 32.9 Å². The van der Waals surface area contributed by atoms with E-state index in [-0.39, 0.29) is 11.9 Å². The molecular weight excluding hydrogens is 312 g/mol. The standard InChI is InChI=1S/C17H22N2O3S/c1-11(2)19(10-12(3)20)17(21)15-9-18-16(23-15)13-5-7-14(22-4)8-6-13/h5-9,11-12,20H,10H2,1-4H3. The Hall–Kier alpha value is -1.92. The number of benzene rings is 1. The number of aliphatic hydroxyl groups is 1. The summed E-state index contributed by atoms with van der Waals surface area (Å²) in [6.45, 7) is 5.86. The molecule has 2 aromatic rings. The van der Waals surface area contributed by atoms with Crippen LogP contribution in [0.4, 0.5) is 0 Å². The Morgan fingerprint density at radius 1 is 1.30 bits per heavy atom. The van der Waals surface area contributed by atoms with Gasteiger partial charge in [-0.1, -0.05) is 0 Å². The molecule has 0 aliphatic carbocycles. The summed E-state index contributed by atoms with van der Waals surface area (Å²) in [4.78, 5) is 19.2. The van der Waals surface area contributed by atoms with Crippen molar-refractivity contribution in [1.29, 1.82) is 0 Å². The molecule has 5 nitrogen and oxygen atoms in total. The SMILES string of the molecule is COc1ccc(-c2ncc(C(=O)N(CC(C)O)C(C)C)s2)cc1. The molecule has 6 heteroatoms. The third-order valence-electron chi connectivity index (χ3n) is 3.40. The zero-order chi connectivity index (χ0) is 17.0. The van der Waals surface area contributed by atoms with Crippen molar-refractivity contribution in [2.24, 2.45) is 0 Å². The van der Waals surface area contributed by atoms with Gasteiger partial charge in [-0.3, -0.25) is 4.79 Å². The molecule has 1 aromatic carbocycles. The highest BCUT2D eigenvalue weighted by molar-refractivity contribution is 7.16. The van der Waals surface area contributed by atoms with Gasteiger partial charge < -0.3 is 14.7 Å². The van der Waals surface area contributed by atoms with E-state index in [1.54, 1.807) is 25.1 Å². The molecule has 2 rings (SSSR count). The average molecular weight is 334 g/mol. The minimum atomic E-state index is -0.560. The van der Waals surface area contributed by atoms with Crippen molar-refractivity contribution in [3.8, 4) is 16.3 Å². The third-order valence-corrected chi connectivity index (χ3v) is 4.43. The second-order valence-corrected chi connectivity index (χ2v) is 6.69. The predicted molar refractivity (Wildman–Crippen MR) is 92.0 cm³/mol. The average Bonchev–Trinajstić information content (AvgIpc) is 3.01. The van der Waals surface area contributed by atoms with E-state index in [0.29, 0.717) is 11.4 Å². The first-order chi connectivity index (χ1) is 10.9. The molecule has 23 heavy (non-hydrogen) atoms. The summed E-state index contributed by atoms with van der Waals surface area (Å²) in [5, 5.41) is 10.4. The first kappa shape index (κ1) is 17.4. The molecule has 0 saturated heterocycles. The van der Waals surface area contributed by atoms with Crippen LogP contribution in [0.15, 0.2) is 30.5 Å². The summed E-state index contributed by atoms with van der Waals surface area (Å²) < 4.78 is 5.14. The molecule has 1 N–H and O–H groups in total. The molecule has 0 fully saturated rings. The van der Waals surface area contributed by atoms with E-state index >= 15 is 0 Å². The summed E-state index contributed by atoms with van der Waals surface area (Å²) in [7, 11) is 1.62. The van der Waals surface area contributed by atoms with Gasteiger partial charge >= 0.3 is 0 Å². The summed E-state index contributed by atoms with van der Waals surface area (Å²) in [6.07, 6.45) is 1.04. The number of carbonyl (C=O) groups excluding carboxylic acids is 1. The molecule has 0 spiro atoms. The molecule has 0 radical (unpaired) electrons. The zero-order valence-corrected chi connectivity index (χ0v) is 14.6. The smallest absolute Gasteiger partial charge is 0.265 e. The molecule has 0 aliphatic rings. The van der Waals surface area contributed by atoms with Crippen LogP contribution in [-0.2, 0) is 0 Å². The van der Waals surface area contributed by atoms with Crippen LogP contribution in [0, 0.1) is 0 Å². The highest BCUT2D eigenvalue weighted by atomic mass is 32.1. The lowest BCUT2D eigenvalue weighted by Gasteiger charge is -2.27. The van der Waals surface area contributed by atoms with E-state index in [9.17, 15) is 9.90 Å². The van der Waals surface area contributed by atoms with Crippen molar-refractivity contribution in [1.82, 2.24) is 9.88 Å². The number of ether oxygens (including phenoxy) is 1. The first-order valence-electron chi connectivity index (χ1n) is 7.51. The van der Waals surface area contributed by atoms with Gasteiger partial charge in [0.25, 0.3) is 5.91 Å². The van der Waals surface area contributed by atoms with Gasteiger partial charge in [0.15, 0.2) is 0 Å². The van der Waals surface area contributed by atoms with Gasteiger partial charge in [0.1, 0.15) is 15.6 Å². The number of hydrogen-bond acceptors (Lipinski definition) is 5. The maximum absolute atomic E-state index is 12.6. The van der Waals surface area contributed by atoms with E-state index in [1.807, 2.05) is 38.1 Å². The fourth-order valence-corrected chi connectivity index (χ4v) is 3.07. The number of amides is 1. The number of thiazole rings is 1. The van der Waals surface area contributed by atoms with E-state index in [2.05, 4.69) is 4.98 Å². The maximum atomic E-state index is 12.6. The third kappa shape index (κ3) is 4.30. The van der Waals surface area contributed by atoms with Gasteiger partial charge in [-0.2, -0.15) is 0 Å². The molecule has 1 aromatic heterocycles. The quantitative estimate of drug-likeness (QED) is 0.882. The van der Waals surface area contributed by atoms with Gasteiger partial charge in [-0.15, -0.1) is 11.3 Å². The summed E-state index contributed by atoms with van der Waals surface area (Å²) in [5.41, 5.74) is 0.946. The number of aromatic nitrogens is 1. The molecule has 124 valence electrons. The Morgan fingerprint density at radius 2 is 1.96 bits per heavy atom. The number of carbonyl (C=O) groups is 1. The van der Waals surface area contributed by atoms with Crippen LogP contribution < -0.4 is 4.74 Å². The maximum Gasteiger partial charge on any atom is 0.265 e. The van der Waals surface area contributed by atoms with Crippen molar-refractivity contribution in [3.63, 3.8) is 0 Å². The largest absolute Gasteiger partial charge is 0.497 e. The van der Waals surface area contributed by atoms with E-state index < -0.39 is 6.10 Å². The Labute approximate surface area is 140 Å². The van der Waals surface area contributed by atoms with Crippen LogP contribution in [0.25, 0.3) is 10.6 Å². The van der Waals surface area contributed by atoms with E-state index in [4.69, 9.17) is 4.74 Å². The Kier molecular flexibility index (Phi) is 5.74. The molecule has 1 heterocycles. The van der Waals surface area contributed by atoms with Gasteiger partial charge in [0, 0.05) is 18.2 Å². The minimum Gasteiger partial charge on any atom is -0.497 e. The zero-order valence-electron chi connectivity index (χ0n) is 13.8. The van der Waals surface area contributed by atoms with Crippen LogP contribution in [0.3, 0.4) is 0 Å². The van der Waals surface area contributed by atoms with Crippen LogP contribution in [0.5, 0.6) is 5.75 Å². The first-order valence-corrected chi connectivity index (χ1v) is 8.33. The second-order valence-electron chi connectivity index (χ2n) is 5.66. The van der Waals surface area contributed by atoms with Crippen LogP contribution in [0.2, 0.25) is 0 Å². The number of hydrogen-bond donors (Lipinski definition) is 1. The van der Waals surface area contributed by atoms with Crippen molar-refractivity contribution in [2.75, 3.05) is 13.7 Å². The number of nitrogens with zero attached hydrogens (tertiary/aromatic N) is 2. The lowest BCUT2D eigenvalue weighted by molar-refractivity contribution is 0.0583. The number of aliphatic hydroxyl groups excluding tert-OH is 1. The monoisotopic (exact) mass is 334 g/mol. The van der Waals surface area contributed by atoms with Crippen molar-refractivity contribution in [3.05, 3.63) is 35.3 Å². The van der Waals surface area contributed by atoms with Gasteiger partial charge in [0.2, 0.25) is 0 Å².